The first-order valence-electron chi connectivity index (χ1n) is 6.07. The van der Waals surface area contributed by atoms with Crippen molar-refractivity contribution in [2.45, 2.75) is 40.2 Å². The quantitative estimate of drug-likeness (QED) is 0.870. The summed E-state index contributed by atoms with van der Waals surface area (Å²) in [4.78, 5) is 10.9. The number of ether oxygens (including phenoxy) is 1. The Kier molecular flexibility index (Phi) is 7.85. The van der Waals surface area contributed by atoms with Gasteiger partial charge in [-0.25, -0.2) is 4.79 Å². The van der Waals surface area contributed by atoms with Gasteiger partial charge >= 0.3 is 6.09 Å². The number of carbonyl (C=O) groups is 1. The van der Waals surface area contributed by atoms with Gasteiger partial charge in [0.05, 0.1) is 0 Å². The highest BCUT2D eigenvalue weighted by molar-refractivity contribution is 5.66. The number of nitrogens with one attached hydrogen (secondary N) is 1. The lowest BCUT2D eigenvalue weighted by atomic mass is 10.0. The molecule has 0 atom stereocenters. The summed E-state index contributed by atoms with van der Waals surface area (Å²) in [6.45, 7) is 8.59. The lowest BCUT2D eigenvalue weighted by Gasteiger charge is -2.08. The summed E-state index contributed by atoms with van der Waals surface area (Å²) in [7, 11) is 1.55. The Morgan fingerprint density at radius 1 is 1.35 bits per heavy atom. The molecule has 17 heavy (non-hydrogen) atoms. The van der Waals surface area contributed by atoms with Crippen LogP contribution >= 0.6 is 0 Å². The fraction of sp³-hybridized carbons (Fsp3) is 0.500. The molecule has 0 unspecified atom stereocenters. The summed E-state index contributed by atoms with van der Waals surface area (Å²) in [6, 6.07) is 8.08. The Balaban J connectivity index is 0.00000121. The SMILES string of the molecule is CC.CNC(=O)OCc1cccc(C(C)C)c1. The third-order valence-electron chi connectivity index (χ3n) is 2.19. The van der Waals surface area contributed by atoms with Gasteiger partial charge in [0.2, 0.25) is 0 Å². The fourth-order valence-electron chi connectivity index (χ4n) is 1.26. The molecule has 0 bridgehead atoms. The van der Waals surface area contributed by atoms with Crippen molar-refractivity contribution in [2.75, 3.05) is 7.05 Å². The van der Waals surface area contributed by atoms with Crippen LogP contribution in [0.25, 0.3) is 0 Å². The monoisotopic (exact) mass is 237 g/mol. The first-order chi connectivity index (χ1) is 8.13. The number of rotatable bonds is 3. The molecule has 0 saturated heterocycles. The maximum Gasteiger partial charge on any atom is 0.407 e. The van der Waals surface area contributed by atoms with Gasteiger partial charge in [0.15, 0.2) is 0 Å². The van der Waals surface area contributed by atoms with Crippen LogP contribution in [0.4, 0.5) is 4.79 Å². The third-order valence-corrected chi connectivity index (χ3v) is 2.19. The molecule has 96 valence electrons. The van der Waals surface area contributed by atoms with Gasteiger partial charge < -0.3 is 10.1 Å². The molecular formula is C14H23NO2. The van der Waals surface area contributed by atoms with Crippen molar-refractivity contribution in [2.24, 2.45) is 0 Å². The van der Waals surface area contributed by atoms with Gasteiger partial charge in [-0.2, -0.15) is 0 Å². The Morgan fingerprint density at radius 3 is 2.53 bits per heavy atom. The van der Waals surface area contributed by atoms with Gasteiger partial charge in [0.1, 0.15) is 6.61 Å². The largest absolute Gasteiger partial charge is 0.445 e. The second-order valence-corrected chi connectivity index (χ2v) is 3.73. The molecule has 1 rings (SSSR count). The summed E-state index contributed by atoms with van der Waals surface area (Å²) in [5.41, 5.74) is 2.28. The maximum atomic E-state index is 10.9. The van der Waals surface area contributed by atoms with Crippen LogP contribution in [0.2, 0.25) is 0 Å². The summed E-state index contributed by atoms with van der Waals surface area (Å²) < 4.78 is 4.96. The molecule has 0 radical (unpaired) electrons. The number of amides is 1. The van der Waals surface area contributed by atoms with E-state index < -0.39 is 6.09 Å². The van der Waals surface area contributed by atoms with Crippen LogP contribution in [0.15, 0.2) is 24.3 Å². The zero-order valence-corrected chi connectivity index (χ0v) is 11.4. The fourth-order valence-corrected chi connectivity index (χ4v) is 1.26. The van der Waals surface area contributed by atoms with E-state index in [1.807, 2.05) is 26.0 Å². The van der Waals surface area contributed by atoms with Crippen molar-refractivity contribution in [3.8, 4) is 0 Å². The molecule has 0 aliphatic rings. The highest BCUT2D eigenvalue weighted by Gasteiger charge is 2.02. The Morgan fingerprint density at radius 2 is 2.00 bits per heavy atom. The Hall–Kier alpha value is -1.51. The number of benzene rings is 1. The van der Waals surface area contributed by atoms with Crippen LogP contribution in [0.3, 0.4) is 0 Å². The second kappa shape index (κ2) is 8.62. The molecule has 0 saturated carbocycles. The molecule has 0 heterocycles. The van der Waals surface area contributed by atoms with Crippen LogP contribution < -0.4 is 5.32 Å². The van der Waals surface area contributed by atoms with Crippen LogP contribution in [0.5, 0.6) is 0 Å². The van der Waals surface area contributed by atoms with Crippen molar-refractivity contribution in [3.63, 3.8) is 0 Å². The van der Waals surface area contributed by atoms with Crippen LogP contribution in [-0.4, -0.2) is 13.1 Å². The lowest BCUT2D eigenvalue weighted by Crippen LogP contribution is -2.18. The Labute approximate surface area is 104 Å². The maximum absolute atomic E-state index is 10.9. The molecule has 1 aromatic carbocycles. The molecule has 3 nitrogen and oxygen atoms in total. The van der Waals surface area contributed by atoms with E-state index in [4.69, 9.17) is 4.74 Å². The molecule has 0 spiro atoms. The van der Waals surface area contributed by atoms with Crippen LogP contribution in [0.1, 0.15) is 44.7 Å². The van der Waals surface area contributed by atoms with E-state index in [1.54, 1.807) is 7.05 Å². The van der Waals surface area contributed by atoms with E-state index >= 15 is 0 Å². The standard InChI is InChI=1S/C12H17NO2.C2H6/c1-9(2)11-6-4-5-10(7-11)8-15-12(14)13-3;1-2/h4-7,9H,8H2,1-3H3,(H,13,14);1-2H3. The van der Waals surface area contributed by atoms with Gasteiger partial charge in [-0.1, -0.05) is 52.0 Å². The predicted molar refractivity (Wildman–Crippen MR) is 71.1 cm³/mol. The van der Waals surface area contributed by atoms with Gasteiger partial charge in [0.25, 0.3) is 0 Å². The molecule has 0 aliphatic heterocycles. The minimum Gasteiger partial charge on any atom is -0.445 e. The van der Waals surface area contributed by atoms with Gasteiger partial charge in [-0.05, 0) is 17.0 Å². The molecule has 0 aliphatic carbocycles. The van der Waals surface area contributed by atoms with Crippen molar-refractivity contribution in [1.82, 2.24) is 5.32 Å². The Bertz CT molecular complexity index is 335. The van der Waals surface area contributed by atoms with Crippen LogP contribution in [-0.2, 0) is 11.3 Å². The highest BCUT2D eigenvalue weighted by atomic mass is 16.5. The summed E-state index contributed by atoms with van der Waals surface area (Å²) in [5.74, 6) is 0.491. The minimum atomic E-state index is -0.398. The zero-order chi connectivity index (χ0) is 13.3. The van der Waals surface area contributed by atoms with E-state index in [9.17, 15) is 4.79 Å². The van der Waals surface area contributed by atoms with Gasteiger partial charge in [-0.3, -0.25) is 0 Å². The summed E-state index contributed by atoms with van der Waals surface area (Å²) in [6.07, 6.45) is -0.398. The number of alkyl carbamates (subject to hydrolysis) is 1. The predicted octanol–water partition coefficient (Wildman–Crippen LogP) is 3.69. The van der Waals surface area contributed by atoms with E-state index in [0.29, 0.717) is 12.5 Å². The normalized spacial score (nSPS) is 9.29. The van der Waals surface area contributed by atoms with Gasteiger partial charge in [0, 0.05) is 7.05 Å². The average molecular weight is 237 g/mol. The third kappa shape index (κ3) is 5.95. The lowest BCUT2D eigenvalue weighted by molar-refractivity contribution is 0.142. The molecular weight excluding hydrogens is 214 g/mol. The van der Waals surface area contributed by atoms with Crippen molar-refractivity contribution >= 4 is 6.09 Å². The molecule has 1 N–H and O–H groups in total. The first kappa shape index (κ1) is 15.5. The molecule has 1 aromatic rings. The van der Waals surface area contributed by atoms with E-state index in [-0.39, 0.29) is 0 Å². The first-order valence-corrected chi connectivity index (χ1v) is 6.07. The molecule has 0 aromatic heterocycles. The molecule has 0 fully saturated rings. The minimum absolute atomic E-state index is 0.320. The highest BCUT2D eigenvalue weighted by Crippen LogP contribution is 2.15. The van der Waals surface area contributed by atoms with E-state index in [0.717, 1.165) is 5.56 Å². The number of hydrogen-bond acceptors (Lipinski definition) is 2. The molecule has 1 amide bonds. The summed E-state index contributed by atoms with van der Waals surface area (Å²) in [5, 5.41) is 2.41. The van der Waals surface area contributed by atoms with E-state index in [2.05, 4.69) is 31.3 Å². The van der Waals surface area contributed by atoms with Crippen LogP contribution in [0, 0.1) is 0 Å². The van der Waals surface area contributed by atoms with Crippen molar-refractivity contribution < 1.29 is 9.53 Å². The van der Waals surface area contributed by atoms with Crippen molar-refractivity contribution in [3.05, 3.63) is 35.4 Å². The smallest absolute Gasteiger partial charge is 0.407 e. The summed E-state index contributed by atoms with van der Waals surface area (Å²) >= 11 is 0. The van der Waals surface area contributed by atoms with Crippen molar-refractivity contribution in [1.29, 1.82) is 0 Å². The molecule has 3 heteroatoms. The number of hydrogen-bond donors (Lipinski definition) is 1. The van der Waals surface area contributed by atoms with Gasteiger partial charge in [-0.15, -0.1) is 0 Å². The topological polar surface area (TPSA) is 38.3 Å². The average Bonchev–Trinajstić information content (AvgIpc) is 2.38. The zero-order valence-electron chi connectivity index (χ0n) is 11.4. The number of carbonyl (C=O) groups excluding carboxylic acids is 1. The van der Waals surface area contributed by atoms with E-state index in [1.165, 1.54) is 5.56 Å². The second-order valence-electron chi connectivity index (χ2n) is 3.73.